The monoisotopic (exact) mass is 592 g/mol. The molecule has 0 aromatic heterocycles. The van der Waals surface area contributed by atoms with E-state index in [1.807, 2.05) is 0 Å². The lowest BCUT2D eigenvalue weighted by atomic mass is 9.79. The van der Waals surface area contributed by atoms with Gasteiger partial charge in [0.05, 0.1) is 0 Å². The number of aryl methyl sites for hydroxylation is 2. The van der Waals surface area contributed by atoms with Gasteiger partial charge in [-0.25, -0.2) is 0 Å². The Morgan fingerprint density at radius 3 is 1.84 bits per heavy atom. The lowest BCUT2D eigenvalue weighted by Gasteiger charge is -2.26. The smallest absolute Gasteiger partial charge is 0.00201 e. The first-order valence-corrected chi connectivity index (χ1v) is 18.5. The Morgan fingerprint density at radius 1 is 0.489 bits per heavy atom. The van der Waals surface area contributed by atoms with Gasteiger partial charge >= 0.3 is 0 Å². The van der Waals surface area contributed by atoms with E-state index in [1.54, 1.807) is 5.56 Å². The Balaban J connectivity index is 1.37. The lowest BCUT2D eigenvalue weighted by molar-refractivity contribution is 0.444. The zero-order valence-electron chi connectivity index (χ0n) is 27.9. The third-order valence-electron chi connectivity index (χ3n) is 11.1. The molecule has 0 unspecified atom stereocenters. The summed E-state index contributed by atoms with van der Waals surface area (Å²) in [5, 5.41) is 11.5. The van der Waals surface area contributed by atoms with Crippen LogP contribution in [0.15, 0.2) is 78.9 Å². The van der Waals surface area contributed by atoms with E-state index in [1.165, 1.54) is 168 Å². The second kappa shape index (κ2) is 13.9. The van der Waals surface area contributed by atoms with Gasteiger partial charge in [0, 0.05) is 0 Å². The largest absolute Gasteiger partial charge is 0.0654 e. The summed E-state index contributed by atoms with van der Waals surface area (Å²) in [5.74, 6) is 0.684. The second-order valence-corrected chi connectivity index (χ2v) is 14.1. The molecule has 0 bridgehead atoms. The Bertz CT molecular complexity index is 1860. The topological polar surface area (TPSA) is 0 Å². The molecule has 0 amide bonds. The zero-order chi connectivity index (χ0) is 30.6. The first kappa shape index (κ1) is 30.3. The number of hydrogen-bond donors (Lipinski definition) is 0. The van der Waals surface area contributed by atoms with E-state index in [-0.39, 0.29) is 0 Å². The predicted octanol–water partition coefficient (Wildman–Crippen LogP) is 14.1. The van der Waals surface area contributed by atoms with Crippen LogP contribution in [0.2, 0.25) is 0 Å². The van der Waals surface area contributed by atoms with Gasteiger partial charge in [-0.1, -0.05) is 157 Å². The van der Waals surface area contributed by atoms with Gasteiger partial charge in [0.15, 0.2) is 0 Å². The quantitative estimate of drug-likeness (QED) is 0.0711. The van der Waals surface area contributed by atoms with Crippen LogP contribution in [0, 0.1) is 0 Å². The third kappa shape index (κ3) is 5.98. The molecular formula is C45H52. The number of fused-ring (bicyclic) bond motifs is 2. The fourth-order valence-electron chi connectivity index (χ4n) is 8.66. The molecular weight excluding hydrogens is 540 g/mol. The summed E-state index contributed by atoms with van der Waals surface area (Å²) in [6.07, 6.45) is 21.1. The molecule has 1 fully saturated rings. The second-order valence-electron chi connectivity index (χ2n) is 14.1. The molecule has 0 atom stereocenters. The van der Waals surface area contributed by atoms with Crippen molar-refractivity contribution < 1.29 is 0 Å². The Kier molecular flexibility index (Phi) is 9.38. The number of benzene rings is 6. The maximum atomic E-state index is 2.59. The summed E-state index contributed by atoms with van der Waals surface area (Å²) in [6.45, 7) is 4.61. The van der Waals surface area contributed by atoms with Crippen LogP contribution in [0.1, 0.15) is 126 Å². The highest BCUT2D eigenvalue weighted by Gasteiger charge is 2.22. The van der Waals surface area contributed by atoms with Crippen molar-refractivity contribution in [3.63, 3.8) is 0 Å². The zero-order valence-corrected chi connectivity index (χ0v) is 27.9. The normalized spacial score (nSPS) is 14.4. The van der Waals surface area contributed by atoms with Crippen molar-refractivity contribution in [1.82, 2.24) is 0 Å². The van der Waals surface area contributed by atoms with E-state index < -0.39 is 0 Å². The van der Waals surface area contributed by atoms with E-state index in [2.05, 4.69) is 92.7 Å². The third-order valence-corrected chi connectivity index (χ3v) is 11.1. The first-order valence-electron chi connectivity index (χ1n) is 18.5. The standard InChI is InChI=1S/C45H52/c1-3-5-7-9-12-20-34-26-28-41-42-30-29-37(38-22-16-24-40(45(38)42)39-23-15-21-36(34)44(39)41)43-31-32(17-11-8-6-4-2)25-27-35(43)33-18-13-10-14-19-33/h15-16,21-31,33H,3-14,17-20H2,1-2H3. The molecule has 0 saturated heterocycles. The van der Waals surface area contributed by atoms with Gasteiger partial charge in [0.1, 0.15) is 0 Å². The molecule has 1 aliphatic carbocycles. The highest BCUT2D eigenvalue weighted by Crippen LogP contribution is 2.46. The minimum Gasteiger partial charge on any atom is -0.0654 e. The van der Waals surface area contributed by atoms with Gasteiger partial charge in [-0.15, -0.1) is 0 Å². The van der Waals surface area contributed by atoms with Crippen molar-refractivity contribution in [3.05, 3.63) is 95.6 Å². The Hall–Kier alpha value is -3.38. The molecule has 0 nitrogen and oxygen atoms in total. The average molecular weight is 593 g/mol. The van der Waals surface area contributed by atoms with E-state index in [4.69, 9.17) is 0 Å². The van der Waals surface area contributed by atoms with Crippen molar-refractivity contribution in [1.29, 1.82) is 0 Å². The van der Waals surface area contributed by atoms with Gasteiger partial charge in [0.25, 0.3) is 0 Å². The Labute approximate surface area is 271 Å². The molecule has 0 aliphatic heterocycles. The maximum absolute atomic E-state index is 2.59. The van der Waals surface area contributed by atoms with Crippen LogP contribution in [0.3, 0.4) is 0 Å². The van der Waals surface area contributed by atoms with Crippen molar-refractivity contribution in [2.75, 3.05) is 0 Å². The van der Waals surface area contributed by atoms with Gasteiger partial charge in [-0.2, -0.15) is 0 Å². The molecule has 45 heavy (non-hydrogen) atoms. The van der Waals surface area contributed by atoms with Crippen LogP contribution < -0.4 is 0 Å². The molecule has 0 heterocycles. The van der Waals surface area contributed by atoms with E-state index in [0.717, 1.165) is 0 Å². The fraction of sp³-hybridized carbons (Fsp3) is 0.422. The number of hydrogen-bond acceptors (Lipinski definition) is 0. The average Bonchev–Trinajstić information content (AvgIpc) is 3.09. The van der Waals surface area contributed by atoms with Crippen LogP contribution in [0.5, 0.6) is 0 Å². The van der Waals surface area contributed by atoms with Crippen molar-refractivity contribution >= 4 is 43.1 Å². The lowest BCUT2D eigenvalue weighted by Crippen LogP contribution is -2.07. The minimum absolute atomic E-state index is 0.684. The van der Waals surface area contributed by atoms with Gasteiger partial charge in [-0.05, 0) is 115 Å². The van der Waals surface area contributed by atoms with Crippen LogP contribution in [-0.4, -0.2) is 0 Å². The summed E-state index contributed by atoms with van der Waals surface area (Å²) in [7, 11) is 0. The molecule has 232 valence electrons. The van der Waals surface area contributed by atoms with Crippen LogP contribution in [0.25, 0.3) is 54.2 Å². The molecule has 0 spiro atoms. The summed E-state index contributed by atoms with van der Waals surface area (Å²) in [4.78, 5) is 0. The van der Waals surface area contributed by atoms with Gasteiger partial charge in [0.2, 0.25) is 0 Å². The van der Waals surface area contributed by atoms with E-state index in [9.17, 15) is 0 Å². The maximum Gasteiger partial charge on any atom is -0.00201 e. The molecule has 0 N–H and O–H groups in total. The van der Waals surface area contributed by atoms with Crippen molar-refractivity contribution in [2.24, 2.45) is 0 Å². The van der Waals surface area contributed by atoms with Crippen molar-refractivity contribution in [2.45, 2.75) is 122 Å². The summed E-state index contributed by atoms with van der Waals surface area (Å²) >= 11 is 0. The number of unbranched alkanes of at least 4 members (excludes halogenated alkanes) is 7. The highest BCUT2D eigenvalue weighted by atomic mass is 14.3. The molecule has 7 rings (SSSR count). The Morgan fingerprint density at radius 2 is 1.09 bits per heavy atom. The molecule has 0 heteroatoms. The highest BCUT2D eigenvalue weighted by molar-refractivity contribution is 6.34. The van der Waals surface area contributed by atoms with Gasteiger partial charge in [-0.3, -0.25) is 0 Å². The summed E-state index contributed by atoms with van der Waals surface area (Å²) < 4.78 is 0. The van der Waals surface area contributed by atoms with E-state index >= 15 is 0 Å². The molecule has 6 aromatic rings. The molecule has 1 aliphatic rings. The predicted molar refractivity (Wildman–Crippen MR) is 199 cm³/mol. The van der Waals surface area contributed by atoms with Crippen molar-refractivity contribution in [3.8, 4) is 11.1 Å². The first-order chi connectivity index (χ1) is 22.3. The summed E-state index contributed by atoms with van der Waals surface area (Å²) in [6, 6.07) is 31.6. The molecule has 0 radical (unpaired) electrons. The van der Waals surface area contributed by atoms with Crippen LogP contribution in [0.4, 0.5) is 0 Å². The molecule has 6 aromatic carbocycles. The minimum atomic E-state index is 0.684. The molecule has 1 saturated carbocycles. The SMILES string of the molecule is CCCCCCCc1ccc2c3ccc(-c4cc(CCCCCC)ccc4C4CCCCC4)c4cccc(c5cccc1c52)c43. The number of rotatable bonds is 13. The summed E-state index contributed by atoms with van der Waals surface area (Å²) in [5.41, 5.74) is 7.56. The van der Waals surface area contributed by atoms with E-state index in [0.29, 0.717) is 5.92 Å². The fourth-order valence-corrected chi connectivity index (χ4v) is 8.66. The van der Waals surface area contributed by atoms with Gasteiger partial charge < -0.3 is 0 Å². The van der Waals surface area contributed by atoms with Crippen LogP contribution in [-0.2, 0) is 12.8 Å². The van der Waals surface area contributed by atoms with Crippen LogP contribution >= 0.6 is 0 Å².